The second-order valence-corrected chi connectivity index (χ2v) is 5.85. The Labute approximate surface area is 162 Å². The smallest absolute Gasteiger partial charge is 0.338 e. The SMILES string of the molecule is COc1ccc(C(=O)OCCCCCNc2ccc([N+](=O)[O-])cn2)cc1OC. The molecule has 0 bridgehead atoms. The van der Waals surface area contributed by atoms with Crippen molar-refractivity contribution in [1.29, 1.82) is 0 Å². The number of unbranched alkanes of at least 4 members (excludes halogenated alkanes) is 2. The normalized spacial score (nSPS) is 10.2. The van der Waals surface area contributed by atoms with Gasteiger partial charge in [0.05, 0.1) is 31.3 Å². The van der Waals surface area contributed by atoms with Crippen LogP contribution in [0.25, 0.3) is 0 Å². The van der Waals surface area contributed by atoms with E-state index in [1.165, 1.54) is 26.5 Å². The molecule has 0 saturated carbocycles. The van der Waals surface area contributed by atoms with Crippen LogP contribution in [0.15, 0.2) is 36.5 Å². The molecule has 9 heteroatoms. The number of anilines is 1. The number of methoxy groups -OCH3 is 2. The van der Waals surface area contributed by atoms with Gasteiger partial charge in [-0.3, -0.25) is 10.1 Å². The molecular formula is C19H23N3O6. The molecule has 0 saturated heterocycles. The Morgan fingerprint density at radius 2 is 1.89 bits per heavy atom. The molecule has 0 radical (unpaired) electrons. The summed E-state index contributed by atoms with van der Waals surface area (Å²) in [5, 5.41) is 13.7. The fraction of sp³-hybridized carbons (Fsp3) is 0.368. The molecule has 0 aliphatic rings. The Kier molecular flexibility index (Phi) is 8.01. The largest absolute Gasteiger partial charge is 0.493 e. The number of nitro groups is 1. The first-order valence-corrected chi connectivity index (χ1v) is 8.78. The second kappa shape index (κ2) is 10.7. The molecule has 9 nitrogen and oxygen atoms in total. The maximum atomic E-state index is 12.1. The van der Waals surface area contributed by atoms with E-state index in [1.54, 1.807) is 24.3 Å². The third-order valence-electron chi connectivity index (χ3n) is 3.94. The summed E-state index contributed by atoms with van der Waals surface area (Å²) in [4.78, 5) is 26.1. The zero-order valence-electron chi connectivity index (χ0n) is 15.8. The van der Waals surface area contributed by atoms with E-state index in [2.05, 4.69) is 10.3 Å². The lowest BCUT2D eigenvalue weighted by Gasteiger charge is -2.10. The molecule has 0 fully saturated rings. The summed E-state index contributed by atoms with van der Waals surface area (Å²) in [5.41, 5.74) is 0.366. The molecule has 0 aliphatic heterocycles. The van der Waals surface area contributed by atoms with E-state index in [0.717, 1.165) is 19.3 Å². The van der Waals surface area contributed by atoms with Gasteiger partial charge in [0.2, 0.25) is 0 Å². The van der Waals surface area contributed by atoms with Crippen molar-refractivity contribution in [3.05, 3.63) is 52.2 Å². The van der Waals surface area contributed by atoms with Crippen LogP contribution >= 0.6 is 0 Å². The standard InChI is InChI=1S/C19H23N3O6/c1-26-16-8-6-14(12-17(16)27-2)19(23)28-11-5-3-4-10-20-18-9-7-15(13-21-18)22(24)25/h6-9,12-13H,3-5,10-11H2,1-2H3,(H,20,21). The monoisotopic (exact) mass is 389 g/mol. The quantitative estimate of drug-likeness (QED) is 0.269. The Balaban J connectivity index is 1.63. The van der Waals surface area contributed by atoms with Gasteiger partial charge >= 0.3 is 5.97 Å². The summed E-state index contributed by atoms with van der Waals surface area (Å²) in [6.07, 6.45) is 3.66. The lowest BCUT2D eigenvalue weighted by atomic mass is 10.2. The first-order valence-electron chi connectivity index (χ1n) is 8.78. The zero-order chi connectivity index (χ0) is 20.4. The second-order valence-electron chi connectivity index (χ2n) is 5.85. The molecule has 28 heavy (non-hydrogen) atoms. The van der Waals surface area contributed by atoms with Crippen molar-refractivity contribution >= 4 is 17.5 Å². The summed E-state index contributed by atoms with van der Waals surface area (Å²) in [7, 11) is 3.04. The molecule has 0 unspecified atom stereocenters. The third-order valence-corrected chi connectivity index (χ3v) is 3.94. The first-order chi connectivity index (χ1) is 13.5. The van der Waals surface area contributed by atoms with Crippen molar-refractivity contribution < 1.29 is 23.9 Å². The van der Waals surface area contributed by atoms with Crippen LogP contribution in [-0.2, 0) is 4.74 Å². The van der Waals surface area contributed by atoms with Gasteiger partial charge in [0, 0.05) is 12.6 Å². The maximum Gasteiger partial charge on any atom is 0.338 e. The van der Waals surface area contributed by atoms with E-state index in [0.29, 0.717) is 36.0 Å². The van der Waals surface area contributed by atoms with Gasteiger partial charge in [-0.25, -0.2) is 9.78 Å². The lowest BCUT2D eigenvalue weighted by molar-refractivity contribution is -0.385. The Hall–Kier alpha value is -3.36. The third kappa shape index (κ3) is 6.11. The number of carbonyl (C=O) groups is 1. The molecule has 1 heterocycles. The van der Waals surface area contributed by atoms with E-state index in [1.807, 2.05) is 0 Å². The molecule has 0 spiro atoms. The van der Waals surface area contributed by atoms with E-state index < -0.39 is 10.9 Å². The summed E-state index contributed by atoms with van der Waals surface area (Å²) >= 11 is 0. The van der Waals surface area contributed by atoms with Gasteiger partial charge in [-0.2, -0.15) is 0 Å². The number of esters is 1. The predicted octanol–water partition coefficient (Wildman–Crippen LogP) is 3.45. The number of nitrogens with zero attached hydrogens (tertiary/aromatic N) is 2. The topological polar surface area (TPSA) is 113 Å². The van der Waals surface area contributed by atoms with Crippen LogP contribution in [0.5, 0.6) is 11.5 Å². The molecule has 1 aromatic carbocycles. The van der Waals surface area contributed by atoms with Gasteiger partial charge < -0.3 is 19.5 Å². The number of hydrogen-bond acceptors (Lipinski definition) is 8. The summed E-state index contributed by atoms with van der Waals surface area (Å²) in [5.74, 6) is 1.21. The van der Waals surface area contributed by atoms with Gasteiger partial charge in [0.15, 0.2) is 11.5 Å². The van der Waals surface area contributed by atoms with Gasteiger partial charge in [-0.15, -0.1) is 0 Å². The van der Waals surface area contributed by atoms with E-state index in [-0.39, 0.29) is 5.69 Å². The molecule has 0 aliphatic carbocycles. The zero-order valence-corrected chi connectivity index (χ0v) is 15.8. The molecule has 2 rings (SSSR count). The number of hydrogen-bond donors (Lipinski definition) is 1. The van der Waals surface area contributed by atoms with Crippen LogP contribution in [-0.4, -0.2) is 43.2 Å². The summed E-state index contributed by atoms with van der Waals surface area (Å²) < 4.78 is 15.6. The highest BCUT2D eigenvalue weighted by atomic mass is 16.6. The van der Waals surface area contributed by atoms with Crippen LogP contribution < -0.4 is 14.8 Å². The average Bonchev–Trinajstić information content (AvgIpc) is 2.72. The number of benzene rings is 1. The Morgan fingerprint density at radius 3 is 2.54 bits per heavy atom. The van der Waals surface area contributed by atoms with Crippen molar-refractivity contribution in [2.24, 2.45) is 0 Å². The van der Waals surface area contributed by atoms with E-state index in [9.17, 15) is 14.9 Å². The van der Waals surface area contributed by atoms with E-state index in [4.69, 9.17) is 14.2 Å². The Bertz CT molecular complexity index is 795. The lowest BCUT2D eigenvalue weighted by Crippen LogP contribution is -2.08. The van der Waals surface area contributed by atoms with Crippen LogP contribution in [0.4, 0.5) is 11.5 Å². The van der Waals surface area contributed by atoms with Crippen molar-refractivity contribution in [2.45, 2.75) is 19.3 Å². The van der Waals surface area contributed by atoms with Gasteiger partial charge in [-0.1, -0.05) is 0 Å². The van der Waals surface area contributed by atoms with Crippen LogP contribution in [0, 0.1) is 10.1 Å². The fourth-order valence-electron chi connectivity index (χ4n) is 2.43. The van der Waals surface area contributed by atoms with Crippen molar-refractivity contribution in [3.8, 4) is 11.5 Å². The molecule has 150 valence electrons. The Morgan fingerprint density at radius 1 is 1.11 bits per heavy atom. The van der Waals surface area contributed by atoms with Crippen LogP contribution in [0.2, 0.25) is 0 Å². The van der Waals surface area contributed by atoms with Crippen LogP contribution in [0.1, 0.15) is 29.6 Å². The number of aromatic nitrogens is 1. The van der Waals surface area contributed by atoms with Crippen LogP contribution in [0.3, 0.4) is 0 Å². The molecule has 0 amide bonds. The van der Waals surface area contributed by atoms with Gasteiger partial charge in [-0.05, 0) is 43.5 Å². The number of rotatable bonds is 11. The maximum absolute atomic E-state index is 12.1. The van der Waals surface area contributed by atoms with Crippen molar-refractivity contribution in [3.63, 3.8) is 0 Å². The minimum Gasteiger partial charge on any atom is -0.493 e. The fourth-order valence-corrected chi connectivity index (χ4v) is 2.43. The highest BCUT2D eigenvalue weighted by Gasteiger charge is 2.11. The highest BCUT2D eigenvalue weighted by Crippen LogP contribution is 2.27. The van der Waals surface area contributed by atoms with Gasteiger partial charge in [0.25, 0.3) is 5.69 Å². The first kappa shape index (κ1) is 20.9. The molecule has 1 aromatic heterocycles. The summed E-state index contributed by atoms with van der Waals surface area (Å²) in [6, 6.07) is 7.85. The number of pyridine rings is 1. The number of ether oxygens (including phenoxy) is 3. The number of nitrogens with one attached hydrogen (secondary N) is 1. The summed E-state index contributed by atoms with van der Waals surface area (Å²) in [6.45, 7) is 0.997. The molecule has 0 atom stereocenters. The van der Waals surface area contributed by atoms with Crippen molar-refractivity contribution in [1.82, 2.24) is 4.98 Å². The molecule has 2 aromatic rings. The number of carbonyl (C=O) groups excluding carboxylic acids is 1. The molecule has 1 N–H and O–H groups in total. The predicted molar refractivity (Wildman–Crippen MR) is 103 cm³/mol. The highest BCUT2D eigenvalue weighted by molar-refractivity contribution is 5.90. The average molecular weight is 389 g/mol. The molecular weight excluding hydrogens is 366 g/mol. The van der Waals surface area contributed by atoms with Crippen molar-refractivity contribution in [2.75, 3.05) is 32.7 Å². The van der Waals surface area contributed by atoms with E-state index >= 15 is 0 Å². The minimum atomic E-state index is -0.486. The van der Waals surface area contributed by atoms with Gasteiger partial charge in [0.1, 0.15) is 12.0 Å². The minimum absolute atomic E-state index is 0.0400.